The molecule has 0 radical (unpaired) electrons. The number of oxazole rings is 1. The van der Waals surface area contributed by atoms with E-state index in [0.717, 1.165) is 5.56 Å². The smallest absolute Gasteiger partial charge is 0.341 e. The Morgan fingerprint density at radius 1 is 1.22 bits per heavy atom. The molecule has 0 amide bonds. The maximum atomic E-state index is 12.1. The van der Waals surface area contributed by atoms with Gasteiger partial charge in [0.1, 0.15) is 23.6 Å². The van der Waals surface area contributed by atoms with Crippen LogP contribution in [0.3, 0.4) is 0 Å². The van der Waals surface area contributed by atoms with E-state index in [2.05, 4.69) is 9.97 Å². The number of rotatable bonds is 5. The Morgan fingerprint density at radius 2 is 2.04 bits per heavy atom. The zero-order valence-electron chi connectivity index (χ0n) is 12.4. The highest BCUT2D eigenvalue weighted by Crippen LogP contribution is 2.20. The van der Waals surface area contributed by atoms with E-state index in [1.165, 1.54) is 18.0 Å². The molecule has 3 rings (SSSR count). The van der Waals surface area contributed by atoms with Gasteiger partial charge in [0.15, 0.2) is 0 Å². The van der Waals surface area contributed by atoms with E-state index in [1.54, 1.807) is 18.3 Å². The molecule has 0 bridgehead atoms. The molecule has 0 unspecified atom stereocenters. The van der Waals surface area contributed by atoms with Crippen molar-refractivity contribution >= 4 is 17.7 Å². The van der Waals surface area contributed by atoms with E-state index in [-0.39, 0.29) is 6.61 Å². The van der Waals surface area contributed by atoms with Crippen molar-refractivity contribution in [1.29, 1.82) is 0 Å². The monoisotopic (exact) mass is 326 g/mol. The molecule has 0 aliphatic heterocycles. The highest BCUT2D eigenvalue weighted by molar-refractivity contribution is 7.98. The molecule has 0 saturated heterocycles. The van der Waals surface area contributed by atoms with Crippen LogP contribution < -0.4 is 0 Å². The second-order valence-corrected chi connectivity index (χ2v) is 5.44. The maximum absolute atomic E-state index is 12.1. The van der Waals surface area contributed by atoms with Gasteiger partial charge in [0.25, 0.3) is 0 Å². The van der Waals surface area contributed by atoms with Crippen molar-refractivity contribution in [2.24, 2.45) is 0 Å². The Balaban J connectivity index is 1.67. The highest BCUT2D eigenvalue weighted by atomic mass is 32.2. The molecular weight excluding hydrogens is 312 g/mol. The van der Waals surface area contributed by atoms with Crippen molar-refractivity contribution < 1.29 is 13.9 Å². The van der Waals surface area contributed by atoms with Gasteiger partial charge in [-0.15, -0.1) is 11.8 Å². The second kappa shape index (κ2) is 7.11. The third kappa shape index (κ3) is 3.60. The number of carbonyl (C=O) groups is 1. The summed E-state index contributed by atoms with van der Waals surface area (Å²) >= 11 is 1.40. The molecule has 0 aliphatic rings. The van der Waals surface area contributed by atoms with Gasteiger partial charge in [-0.25, -0.2) is 14.8 Å². The molecule has 116 valence electrons. The van der Waals surface area contributed by atoms with E-state index in [1.807, 2.05) is 36.6 Å². The van der Waals surface area contributed by atoms with Gasteiger partial charge in [0.2, 0.25) is 5.89 Å². The topological polar surface area (TPSA) is 65.2 Å². The van der Waals surface area contributed by atoms with E-state index in [4.69, 9.17) is 9.15 Å². The summed E-state index contributed by atoms with van der Waals surface area (Å²) in [5, 5.41) is 0.641. The summed E-state index contributed by atoms with van der Waals surface area (Å²) in [6, 6.07) is 13.0. The van der Waals surface area contributed by atoms with E-state index >= 15 is 0 Å². The van der Waals surface area contributed by atoms with Crippen molar-refractivity contribution in [3.8, 4) is 11.5 Å². The predicted molar refractivity (Wildman–Crippen MR) is 87.1 cm³/mol. The third-order valence-electron chi connectivity index (χ3n) is 3.11. The first kappa shape index (κ1) is 15.3. The summed E-state index contributed by atoms with van der Waals surface area (Å²) in [5.74, 6) is 0.0783. The van der Waals surface area contributed by atoms with Gasteiger partial charge in [-0.2, -0.15) is 0 Å². The van der Waals surface area contributed by atoms with Crippen LogP contribution in [-0.4, -0.2) is 22.2 Å². The van der Waals surface area contributed by atoms with E-state index in [9.17, 15) is 4.79 Å². The third-order valence-corrected chi connectivity index (χ3v) is 3.82. The first-order valence-corrected chi connectivity index (χ1v) is 8.16. The normalized spacial score (nSPS) is 10.5. The minimum Gasteiger partial charge on any atom is -0.455 e. The first-order valence-electron chi connectivity index (χ1n) is 6.94. The lowest BCUT2D eigenvalue weighted by molar-refractivity contribution is 0.0462. The number of pyridine rings is 1. The van der Waals surface area contributed by atoms with Crippen molar-refractivity contribution in [2.75, 3.05) is 6.26 Å². The number of aromatic nitrogens is 2. The molecule has 0 aliphatic carbocycles. The van der Waals surface area contributed by atoms with Gasteiger partial charge < -0.3 is 9.15 Å². The average Bonchev–Trinajstić information content (AvgIpc) is 3.09. The number of carbonyl (C=O) groups excluding carboxylic acids is 1. The summed E-state index contributed by atoms with van der Waals surface area (Å²) in [5.41, 5.74) is 1.89. The van der Waals surface area contributed by atoms with Crippen LogP contribution in [0.5, 0.6) is 0 Å². The van der Waals surface area contributed by atoms with Gasteiger partial charge in [-0.05, 0) is 30.5 Å². The molecule has 0 N–H and O–H groups in total. The van der Waals surface area contributed by atoms with Gasteiger partial charge in [0.05, 0.1) is 5.56 Å². The van der Waals surface area contributed by atoms with Crippen molar-refractivity contribution in [3.05, 3.63) is 66.2 Å². The van der Waals surface area contributed by atoms with Crippen LogP contribution >= 0.6 is 11.8 Å². The van der Waals surface area contributed by atoms with Crippen LogP contribution in [0.15, 0.2) is 64.4 Å². The second-order valence-electron chi connectivity index (χ2n) is 4.65. The van der Waals surface area contributed by atoms with Crippen LogP contribution in [0.1, 0.15) is 16.1 Å². The largest absolute Gasteiger partial charge is 0.455 e. The van der Waals surface area contributed by atoms with E-state index in [0.29, 0.717) is 22.2 Å². The number of benzene rings is 1. The van der Waals surface area contributed by atoms with Crippen LogP contribution in [0, 0.1) is 0 Å². The summed E-state index contributed by atoms with van der Waals surface area (Å²) in [6.45, 7) is 0.0535. The lowest BCUT2D eigenvalue weighted by Gasteiger charge is -2.05. The fourth-order valence-electron chi connectivity index (χ4n) is 2.01. The van der Waals surface area contributed by atoms with Crippen molar-refractivity contribution in [2.45, 2.75) is 11.6 Å². The van der Waals surface area contributed by atoms with Gasteiger partial charge in [0, 0.05) is 11.8 Å². The molecule has 0 spiro atoms. The Morgan fingerprint density at radius 3 is 2.83 bits per heavy atom. The van der Waals surface area contributed by atoms with Crippen molar-refractivity contribution in [3.63, 3.8) is 0 Å². The number of nitrogens with zero attached hydrogens (tertiary/aromatic N) is 2. The zero-order chi connectivity index (χ0) is 16.1. The number of ether oxygens (including phenoxy) is 1. The Bertz CT molecular complexity index is 802. The van der Waals surface area contributed by atoms with Crippen LogP contribution in [0.2, 0.25) is 0 Å². The van der Waals surface area contributed by atoms with Gasteiger partial charge in [-0.1, -0.05) is 18.2 Å². The summed E-state index contributed by atoms with van der Waals surface area (Å²) in [7, 11) is 0. The molecular formula is C17H14N2O3S. The Kier molecular flexibility index (Phi) is 4.73. The molecule has 0 fully saturated rings. The quantitative estimate of drug-likeness (QED) is 0.524. The predicted octanol–water partition coefficient (Wildman–Crippen LogP) is 3.82. The minimum absolute atomic E-state index is 0.0535. The first-order chi connectivity index (χ1) is 11.3. The molecule has 1 aromatic carbocycles. The fraction of sp³-hybridized carbons (Fsp3) is 0.118. The Labute approximate surface area is 137 Å². The molecule has 0 saturated carbocycles. The molecule has 2 heterocycles. The number of thioether (sulfide) groups is 1. The molecule has 6 heteroatoms. The maximum Gasteiger partial charge on any atom is 0.341 e. The number of hydrogen-bond acceptors (Lipinski definition) is 6. The number of esters is 1. The molecule has 3 aromatic rings. The lowest BCUT2D eigenvalue weighted by atomic mass is 10.2. The fourth-order valence-corrected chi connectivity index (χ4v) is 2.55. The Hall–Kier alpha value is -2.60. The standard InChI is InChI=1S/C17H14N2O3S/c1-23-16-14(8-5-9-18-16)17(20)22-11-13-10-21-15(19-13)12-6-3-2-4-7-12/h2-10H,11H2,1H3. The van der Waals surface area contributed by atoms with Crippen molar-refractivity contribution in [1.82, 2.24) is 9.97 Å². The SMILES string of the molecule is CSc1ncccc1C(=O)OCc1coc(-c2ccccc2)n1. The molecule has 23 heavy (non-hydrogen) atoms. The highest BCUT2D eigenvalue weighted by Gasteiger charge is 2.14. The average molecular weight is 326 g/mol. The summed E-state index contributed by atoms with van der Waals surface area (Å²) in [4.78, 5) is 20.6. The lowest BCUT2D eigenvalue weighted by Crippen LogP contribution is -2.07. The molecule has 2 aromatic heterocycles. The zero-order valence-corrected chi connectivity index (χ0v) is 13.2. The minimum atomic E-state index is -0.424. The van der Waals surface area contributed by atoms with Crippen LogP contribution in [0.25, 0.3) is 11.5 Å². The molecule has 5 nitrogen and oxygen atoms in total. The summed E-state index contributed by atoms with van der Waals surface area (Å²) < 4.78 is 10.7. The number of hydrogen-bond donors (Lipinski definition) is 0. The van der Waals surface area contributed by atoms with Gasteiger partial charge in [-0.3, -0.25) is 0 Å². The van der Waals surface area contributed by atoms with Crippen LogP contribution in [0.4, 0.5) is 0 Å². The van der Waals surface area contributed by atoms with E-state index < -0.39 is 5.97 Å². The van der Waals surface area contributed by atoms with Crippen LogP contribution in [-0.2, 0) is 11.3 Å². The summed E-state index contributed by atoms with van der Waals surface area (Å²) in [6.07, 6.45) is 5.00. The van der Waals surface area contributed by atoms with Gasteiger partial charge >= 0.3 is 5.97 Å². The molecule has 0 atom stereocenters.